The molecule has 1 spiro atoms. The van der Waals surface area contributed by atoms with Crippen molar-refractivity contribution in [3.05, 3.63) is 22.8 Å². The number of hydrogen-bond donors (Lipinski definition) is 1. The summed E-state index contributed by atoms with van der Waals surface area (Å²) >= 11 is 5.96. The number of allylic oxidation sites excluding steroid dienone is 3. The van der Waals surface area contributed by atoms with Gasteiger partial charge in [-0.2, -0.15) is 0 Å². The third kappa shape index (κ3) is 2.74. The van der Waals surface area contributed by atoms with E-state index in [2.05, 4.69) is 4.90 Å². The molecule has 1 N–H and O–H groups in total. The molecule has 1 saturated heterocycles. The van der Waals surface area contributed by atoms with Crippen LogP contribution in [-0.2, 0) is 0 Å². The van der Waals surface area contributed by atoms with E-state index in [1.165, 1.54) is 38.6 Å². The van der Waals surface area contributed by atoms with Crippen LogP contribution < -0.4 is 0 Å². The summed E-state index contributed by atoms with van der Waals surface area (Å²) in [5.41, 5.74) is 1.66. The Morgan fingerprint density at radius 2 is 2.19 bits per heavy atom. The monoisotopic (exact) mass is 238 g/mol. The second-order valence-electron chi connectivity index (χ2n) is 5.00. The maximum Gasteiger partial charge on any atom is 0.0367 e. The standard InChI is InChI=1S/C13H19ClN2/c1-2-12(14)7-11(8-15)9-16-6-5-13(10-16)3-4-13/h2,7-8,15H,3-6,9-10H2,1H3/b11-7+,12-2-,15-8?. The molecule has 3 heteroatoms. The van der Waals surface area contributed by atoms with Crippen LogP contribution in [0.4, 0.5) is 0 Å². The molecule has 0 unspecified atom stereocenters. The van der Waals surface area contributed by atoms with Crippen LogP contribution in [0.2, 0.25) is 0 Å². The molecule has 1 aliphatic heterocycles. The fourth-order valence-corrected chi connectivity index (χ4v) is 2.54. The molecule has 16 heavy (non-hydrogen) atoms. The van der Waals surface area contributed by atoms with E-state index in [-0.39, 0.29) is 0 Å². The summed E-state index contributed by atoms with van der Waals surface area (Å²) in [6, 6.07) is 0. The van der Waals surface area contributed by atoms with Crippen LogP contribution in [0, 0.1) is 10.8 Å². The molecule has 0 aromatic carbocycles. The lowest BCUT2D eigenvalue weighted by atomic mass is 10.1. The Hall–Kier alpha value is -0.600. The smallest absolute Gasteiger partial charge is 0.0367 e. The zero-order valence-electron chi connectivity index (χ0n) is 9.80. The lowest BCUT2D eigenvalue weighted by Gasteiger charge is -2.15. The maximum absolute atomic E-state index is 7.40. The average molecular weight is 239 g/mol. The molecule has 2 fully saturated rings. The second kappa shape index (κ2) is 4.72. The molecule has 88 valence electrons. The van der Waals surface area contributed by atoms with Gasteiger partial charge in [0.25, 0.3) is 0 Å². The van der Waals surface area contributed by atoms with Gasteiger partial charge >= 0.3 is 0 Å². The lowest BCUT2D eigenvalue weighted by Crippen LogP contribution is -2.24. The van der Waals surface area contributed by atoms with Crippen LogP contribution in [0.5, 0.6) is 0 Å². The van der Waals surface area contributed by atoms with E-state index in [4.69, 9.17) is 17.0 Å². The average Bonchev–Trinajstić information content (AvgIpc) is 2.92. The quantitative estimate of drug-likeness (QED) is 0.591. The van der Waals surface area contributed by atoms with Gasteiger partial charge in [0.15, 0.2) is 0 Å². The van der Waals surface area contributed by atoms with Gasteiger partial charge < -0.3 is 5.41 Å². The molecule has 0 amide bonds. The Morgan fingerprint density at radius 1 is 1.44 bits per heavy atom. The van der Waals surface area contributed by atoms with Gasteiger partial charge in [0.05, 0.1) is 0 Å². The molecule has 2 aliphatic rings. The number of hydrogen-bond acceptors (Lipinski definition) is 2. The fourth-order valence-electron chi connectivity index (χ4n) is 2.40. The van der Waals surface area contributed by atoms with Crippen LogP contribution in [0.25, 0.3) is 0 Å². The Bertz CT molecular complexity index is 340. The minimum absolute atomic E-state index is 0.664. The topological polar surface area (TPSA) is 27.1 Å². The molecule has 1 aliphatic carbocycles. The van der Waals surface area contributed by atoms with Gasteiger partial charge in [0.1, 0.15) is 0 Å². The van der Waals surface area contributed by atoms with Crippen molar-refractivity contribution in [2.75, 3.05) is 19.6 Å². The predicted molar refractivity (Wildman–Crippen MR) is 69.2 cm³/mol. The largest absolute Gasteiger partial charge is 0.308 e. The second-order valence-corrected chi connectivity index (χ2v) is 5.43. The minimum atomic E-state index is 0.664. The molecular weight excluding hydrogens is 220 g/mol. The molecule has 0 atom stereocenters. The Balaban J connectivity index is 1.92. The highest BCUT2D eigenvalue weighted by Gasteiger charge is 2.47. The summed E-state index contributed by atoms with van der Waals surface area (Å²) < 4.78 is 0. The molecule has 0 aromatic rings. The van der Waals surface area contributed by atoms with Crippen molar-refractivity contribution < 1.29 is 0 Å². The zero-order chi connectivity index (χ0) is 11.6. The molecular formula is C13H19ClN2. The van der Waals surface area contributed by atoms with Gasteiger partial charge in [-0.25, -0.2) is 0 Å². The normalized spacial score (nSPS) is 25.1. The first kappa shape index (κ1) is 11.9. The number of likely N-dealkylation sites (tertiary alicyclic amines) is 1. The van der Waals surface area contributed by atoms with Crippen molar-refractivity contribution in [2.45, 2.75) is 26.2 Å². The van der Waals surface area contributed by atoms with Crippen molar-refractivity contribution in [3.63, 3.8) is 0 Å². The first-order chi connectivity index (χ1) is 7.67. The minimum Gasteiger partial charge on any atom is -0.308 e. The van der Waals surface area contributed by atoms with Gasteiger partial charge in [0.2, 0.25) is 0 Å². The van der Waals surface area contributed by atoms with Crippen molar-refractivity contribution in [2.24, 2.45) is 5.41 Å². The fraction of sp³-hybridized carbons (Fsp3) is 0.615. The lowest BCUT2D eigenvalue weighted by molar-refractivity contribution is 0.350. The van der Waals surface area contributed by atoms with E-state index >= 15 is 0 Å². The highest BCUT2D eigenvalue weighted by molar-refractivity contribution is 6.31. The van der Waals surface area contributed by atoms with E-state index < -0.39 is 0 Å². The van der Waals surface area contributed by atoms with Crippen LogP contribution in [-0.4, -0.2) is 30.7 Å². The van der Waals surface area contributed by atoms with E-state index in [1.807, 2.05) is 19.1 Å². The van der Waals surface area contributed by atoms with Gasteiger partial charge in [-0.05, 0) is 49.8 Å². The van der Waals surface area contributed by atoms with Crippen LogP contribution in [0.1, 0.15) is 26.2 Å². The maximum atomic E-state index is 7.40. The van der Waals surface area contributed by atoms with Crippen LogP contribution >= 0.6 is 11.6 Å². The summed E-state index contributed by atoms with van der Waals surface area (Å²) in [5, 5.41) is 8.12. The number of rotatable bonds is 4. The highest BCUT2D eigenvalue weighted by atomic mass is 35.5. The summed E-state index contributed by atoms with van der Waals surface area (Å²) in [6.45, 7) is 5.18. The van der Waals surface area contributed by atoms with Gasteiger partial charge in [-0.1, -0.05) is 17.7 Å². The third-order valence-corrected chi connectivity index (χ3v) is 3.99. The van der Waals surface area contributed by atoms with Crippen molar-refractivity contribution >= 4 is 17.8 Å². The molecule has 2 nitrogen and oxygen atoms in total. The van der Waals surface area contributed by atoms with Gasteiger partial charge in [-0.3, -0.25) is 4.90 Å². The van der Waals surface area contributed by atoms with Crippen molar-refractivity contribution in [1.82, 2.24) is 4.90 Å². The number of nitrogens with one attached hydrogen (secondary N) is 1. The summed E-state index contributed by atoms with van der Waals surface area (Å²) in [5.74, 6) is 0. The van der Waals surface area contributed by atoms with Crippen LogP contribution in [0.3, 0.4) is 0 Å². The highest BCUT2D eigenvalue weighted by Crippen LogP contribution is 2.52. The first-order valence-corrected chi connectivity index (χ1v) is 6.30. The SMILES string of the molecule is C/C=C(Cl)/C=C(\C=N)CN1CCC2(CC2)C1. The molecule has 2 rings (SSSR count). The van der Waals surface area contributed by atoms with E-state index in [1.54, 1.807) is 0 Å². The van der Waals surface area contributed by atoms with E-state index in [9.17, 15) is 0 Å². The van der Waals surface area contributed by atoms with Crippen molar-refractivity contribution in [3.8, 4) is 0 Å². The van der Waals surface area contributed by atoms with Gasteiger partial charge in [0, 0.05) is 24.3 Å². The van der Waals surface area contributed by atoms with Crippen molar-refractivity contribution in [1.29, 1.82) is 5.41 Å². The summed E-state index contributed by atoms with van der Waals surface area (Å²) in [7, 11) is 0. The van der Waals surface area contributed by atoms with E-state index in [0.717, 1.165) is 17.2 Å². The molecule has 0 bridgehead atoms. The molecule has 0 radical (unpaired) electrons. The number of nitrogens with zero attached hydrogens (tertiary/aromatic N) is 1. The Kier molecular flexibility index (Phi) is 3.50. The zero-order valence-corrected chi connectivity index (χ0v) is 10.6. The predicted octanol–water partition coefficient (Wildman–Crippen LogP) is 3.19. The van der Waals surface area contributed by atoms with Crippen LogP contribution in [0.15, 0.2) is 22.8 Å². The first-order valence-electron chi connectivity index (χ1n) is 5.93. The van der Waals surface area contributed by atoms with Gasteiger partial charge in [-0.15, -0.1) is 0 Å². The summed E-state index contributed by atoms with van der Waals surface area (Å²) in [4.78, 5) is 2.45. The Morgan fingerprint density at radius 3 is 2.69 bits per heavy atom. The number of halogens is 1. The Labute approximate surface area is 102 Å². The molecule has 1 saturated carbocycles. The molecule has 0 aromatic heterocycles. The summed E-state index contributed by atoms with van der Waals surface area (Å²) in [6.07, 6.45) is 9.33. The van der Waals surface area contributed by atoms with E-state index in [0.29, 0.717) is 5.41 Å². The molecule has 1 heterocycles. The third-order valence-electron chi connectivity index (χ3n) is 3.67.